The first-order chi connectivity index (χ1) is 9.66. The summed E-state index contributed by atoms with van der Waals surface area (Å²) in [6.07, 6.45) is 0. The second kappa shape index (κ2) is 6.42. The molecule has 0 saturated carbocycles. The highest BCUT2D eigenvalue weighted by Crippen LogP contribution is 2.22. The zero-order valence-electron chi connectivity index (χ0n) is 10.8. The van der Waals surface area contributed by atoms with E-state index in [2.05, 4.69) is 5.32 Å². The Morgan fingerprint density at radius 1 is 1.20 bits per heavy atom. The Hall–Kier alpha value is -2.76. The van der Waals surface area contributed by atoms with Crippen LogP contribution in [0.2, 0.25) is 0 Å². The van der Waals surface area contributed by atoms with Crippen LogP contribution in [0.4, 0.5) is 17.1 Å². The van der Waals surface area contributed by atoms with Gasteiger partial charge in [0.2, 0.25) is 0 Å². The fourth-order valence-electron chi connectivity index (χ4n) is 1.74. The molecule has 0 aliphatic carbocycles. The van der Waals surface area contributed by atoms with Crippen molar-refractivity contribution in [2.24, 2.45) is 0 Å². The molecule has 0 unspecified atom stereocenters. The molecule has 3 N–H and O–H groups in total. The van der Waals surface area contributed by atoms with Gasteiger partial charge in [-0.25, -0.2) is 0 Å². The number of nitrogen functional groups attached to an aromatic ring is 1. The van der Waals surface area contributed by atoms with Gasteiger partial charge in [0.25, 0.3) is 5.69 Å². The van der Waals surface area contributed by atoms with Crippen LogP contribution in [0, 0.1) is 10.1 Å². The van der Waals surface area contributed by atoms with Gasteiger partial charge in [-0.1, -0.05) is 18.2 Å². The molecule has 2 aromatic rings. The number of anilines is 2. The average Bonchev–Trinajstić information content (AvgIpc) is 2.44. The second-order valence-corrected chi connectivity index (χ2v) is 4.12. The van der Waals surface area contributed by atoms with E-state index in [1.807, 2.05) is 0 Å². The first-order valence-corrected chi connectivity index (χ1v) is 6.12. The van der Waals surface area contributed by atoms with Gasteiger partial charge in [-0.15, -0.1) is 0 Å². The Balaban J connectivity index is 1.86. The molecule has 2 rings (SSSR count). The maximum absolute atomic E-state index is 10.8. The molecular weight excluding hydrogens is 258 g/mol. The number of rotatable bonds is 6. The van der Waals surface area contributed by atoms with E-state index < -0.39 is 4.92 Å². The van der Waals surface area contributed by atoms with Crippen LogP contribution in [0.15, 0.2) is 48.5 Å². The van der Waals surface area contributed by atoms with E-state index in [1.54, 1.807) is 42.5 Å². The van der Waals surface area contributed by atoms with Gasteiger partial charge < -0.3 is 15.8 Å². The lowest BCUT2D eigenvalue weighted by atomic mass is 10.2. The Morgan fingerprint density at radius 3 is 2.75 bits per heavy atom. The Morgan fingerprint density at radius 2 is 2.00 bits per heavy atom. The van der Waals surface area contributed by atoms with Crippen molar-refractivity contribution in [2.45, 2.75) is 0 Å². The lowest BCUT2D eigenvalue weighted by Crippen LogP contribution is -2.12. The molecule has 0 fully saturated rings. The summed E-state index contributed by atoms with van der Waals surface area (Å²) in [5.74, 6) is 0.675. The van der Waals surface area contributed by atoms with Gasteiger partial charge in [-0.2, -0.15) is 0 Å². The predicted molar refractivity (Wildman–Crippen MR) is 77.9 cm³/mol. The van der Waals surface area contributed by atoms with E-state index in [4.69, 9.17) is 10.5 Å². The minimum atomic E-state index is -0.416. The number of nitrogens with zero attached hydrogens (tertiary/aromatic N) is 1. The Labute approximate surface area is 116 Å². The van der Waals surface area contributed by atoms with Crippen LogP contribution in [-0.2, 0) is 0 Å². The van der Waals surface area contributed by atoms with E-state index in [-0.39, 0.29) is 5.69 Å². The molecule has 6 heteroatoms. The topological polar surface area (TPSA) is 90.4 Å². The van der Waals surface area contributed by atoms with Gasteiger partial charge in [0.15, 0.2) is 0 Å². The molecule has 0 aliphatic heterocycles. The molecule has 0 atom stereocenters. The molecular formula is C14H15N3O3. The minimum Gasteiger partial charge on any atom is -0.492 e. The quantitative estimate of drug-likeness (QED) is 0.365. The third kappa shape index (κ3) is 3.61. The van der Waals surface area contributed by atoms with E-state index in [1.165, 1.54) is 6.07 Å². The predicted octanol–water partition coefficient (Wildman–Crippen LogP) is 2.67. The summed E-state index contributed by atoms with van der Waals surface area (Å²) in [5, 5.41) is 13.8. The van der Waals surface area contributed by atoms with E-state index in [0.29, 0.717) is 30.3 Å². The maximum atomic E-state index is 10.8. The van der Waals surface area contributed by atoms with Crippen molar-refractivity contribution in [2.75, 3.05) is 24.2 Å². The molecule has 0 spiro atoms. The third-order valence-corrected chi connectivity index (χ3v) is 2.65. The van der Waals surface area contributed by atoms with Crippen molar-refractivity contribution in [1.82, 2.24) is 0 Å². The molecule has 0 heterocycles. The van der Waals surface area contributed by atoms with Crippen molar-refractivity contribution in [3.8, 4) is 5.75 Å². The third-order valence-electron chi connectivity index (χ3n) is 2.65. The smallest absolute Gasteiger partial charge is 0.292 e. The molecule has 6 nitrogen and oxygen atoms in total. The fourth-order valence-corrected chi connectivity index (χ4v) is 1.74. The average molecular weight is 273 g/mol. The minimum absolute atomic E-state index is 0.0523. The molecule has 2 aromatic carbocycles. The fraction of sp³-hybridized carbons (Fsp3) is 0.143. The number of hydrogen-bond acceptors (Lipinski definition) is 5. The van der Waals surface area contributed by atoms with Crippen LogP contribution in [-0.4, -0.2) is 18.1 Å². The normalized spacial score (nSPS) is 10.0. The van der Waals surface area contributed by atoms with Gasteiger partial charge in [-0.05, 0) is 18.2 Å². The summed E-state index contributed by atoms with van der Waals surface area (Å²) in [5.41, 5.74) is 6.80. The lowest BCUT2D eigenvalue weighted by Gasteiger charge is -2.09. The number of benzene rings is 2. The van der Waals surface area contributed by atoms with Gasteiger partial charge in [0.05, 0.1) is 4.92 Å². The van der Waals surface area contributed by atoms with Crippen molar-refractivity contribution in [3.05, 3.63) is 58.6 Å². The highest BCUT2D eigenvalue weighted by atomic mass is 16.6. The molecule has 104 valence electrons. The first-order valence-electron chi connectivity index (χ1n) is 6.12. The summed E-state index contributed by atoms with van der Waals surface area (Å²) >= 11 is 0. The van der Waals surface area contributed by atoms with E-state index >= 15 is 0 Å². The summed E-state index contributed by atoms with van der Waals surface area (Å²) in [7, 11) is 0. The number of nitrogens with two attached hydrogens (primary N) is 1. The van der Waals surface area contributed by atoms with Crippen molar-refractivity contribution >= 4 is 17.1 Å². The van der Waals surface area contributed by atoms with Crippen LogP contribution in [0.1, 0.15) is 0 Å². The highest BCUT2D eigenvalue weighted by Gasteiger charge is 2.11. The zero-order valence-corrected chi connectivity index (χ0v) is 10.8. The molecule has 0 radical (unpaired) electrons. The standard InChI is InChI=1S/C14H15N3O3/c15-11-4-3-5-12(10-11)20-9-8-16-13-6-1-2-7-14(13)17(18)19/h1-7,10,16H,8-9,15H2. The van der Waals surface area contributed by atoms with Crippen LogP contribution in [0.3, 0.4) is 0 Å². The second-order valence-electron chi connectivity index (χ2n) is 4.12. The SMILES string of the molecule is Nc1cccc(OCCNc2ccccc2[N+](=O)[O-])c1. The number of nitrogens with one attached hydrogen (secondary N) is 1. The number of nitro groups is 1. The largest absolute Gasteiger partial charge is 0.492 e. The maximum Gasteiger partial charge on any atom is 0.292 e. The van der Waals surface area contributed by atoms with Crippen LogP contribution >= 0.6 is 0 Å². The van der Waals surface area contributed by atoms with Crippen LogP contribution < -0.4 is 15.8 Å². The van der Waals surface area contributed by atoms with Gasteiger partial charge in [-0.3, -0.25) is 10.1 Å². The molecule has 0 aromatic heterocycles. The molecule has 20 heavy (non-hydrogen) atoms. The number of para-hydroxylation sites is 2. The monoisotopic (exact) mass is 273 g/mol. The highest BCUT2D eigenvalue weighted by molar-refractivity contribution is 5.61. The Kier molecular flexibility index (Phi) is 4.39. The Bertz CT molecular complexity index is 602. The van der Waals surface area contributed by atoms with Gasteiger partial charge in [0.1, 0.15) is 18.0 Å². The molecule has 0 saturated heterocycles. The van der Waals surface area contributed by atoms with Crippen LogP contribution in [0.25, 0.3) is 0 Å². The summed E-state index contributed by atoms with van der Waals surface area (Å²) < 4.78 is 5.50. The van der Waals surface area contributed by atoms with E-state index in [9.17, 15) is 10.1 Å². The number of hydrogen-bond donors (Lipinski definition) is 2. The molecule has 0 amide bonds. The summed E-state index contributed by atoms with van der Waals surface area (Å²) in [6, 6.07) is 13.6. The summed E-state index contributed by atoms with van der Waals surface area (Å²) in [6.45, 7) is 0.842. The number of nitro benzene ring substituents is 1. The zero-order chi connectivity index (χ0) is 14.4. The first kappa shape index (κ1) is 13.7. The van der Waals surface area contributed by atoms with Gasteiger partial charge >= 0.3 is 0 Å². The number of ether oxygens (including phenoxy) is 1. The van der Waals surface area contributed by atoms with Crippen molar-refractivity contribution < 1.29 is 9.66 Å². The van der Waals surface area contributed by atoms with Crippen molar-refractivity contribution in [1.29, 1.82) is 0 Å². The lowest BCUT2D eigenvalue weighted by molar-refractivity contribution is -0.384. The van der Waals surface area contributed by atoms with E-state index in [0.717, 1.165) is 0 Å². The summed E-state index contributed by atoms with van der Waals surface area (Å²) in [4.78, 5) is 10.4. The van der Waals surface area contributed by atoms with Crippen molar-refractivity contribution in [3.63, 3.8) is 0 Å². The van der Waals surface area contributed by atoms with Gasteiger partial charge in [0, 0.05) is 24.4 Å². The van der Waals surface area contributed by atoms with Crippen LogP contribution in [0.5, 0.6) is 5.75 Å². The molecule has 0 bridgehead atoms. The molecule has 0 aliphatic rings.